The van der Waals surface area contributed by atoms with Crippen molar-refractivity contribution >= 4 is 5.91 Å². The lowest BCUT2D eigenvalue weighted by atomic mass is 10.1. The van der Waals surface area contributed by atoms with Gasteiger partial charge in [0.15, 0.2) is 11.5 Å². The van der Waals surface area contributed by atoms with Gasteiger partial charge >= 0.3 is 0 Å². The van der Waals surface area contributed by atoms with Crippen LogP contribution in [0, 0.1) is 0 Å². The predicted molar refractivity (Wildman–Crippen MR) is 91.5 cm³/mol. The van der Waals surface area contributed by atoms with Gasteiger partial charge in [0.25, 0.3) is 5.91 Å². The van der Waals surface area contributed by atoms with Gasteiger partial charge in [0, 0.05) is 6.07 Å². The molecule has 8 nitrogen and oxygen atoms in total. The van der Waals surface area contributed by atoms with Crippen molar-refractivity contribution in [3.8, 4) is 23.0 Å². The molecule has 0 radical (unpaired) electrons. The average Bonchev–Trinajstić information content (AvgIpc) is 2.61. The van der Waals surface area contributed by atoms with Crippen molar-refractivity contribution in [2.45, 2.75) is 0 Å². The zero-order chi connectivity index (χ0) is 18.7. The van der Waals surface area contributed by atoms with E-state index < -0.39 is 5.91 Å². The highest BCUT2D eigenvalue weighted by atomic mass is 16.6. The molecule has 0 aliphatic heterocycles. The number of aliphatic hydroxyl groups is 2. The van der Waals surface area contributed by atoms with Crippen LogP contribution in [0.1, 0.15) is 10.4 Å². The monoisotopic (exact) mass is 353 g/mol. The van der Waals surface area contributed by atoms with E-state index >= 15 is 0 Å². The van der Waals surface area contributed by atoms with E-state index in [1.54, 1.807) is 0 Å². The Hall–Kier alpha value is -2.71. The van der Waals surface area contributed by atoms with Gasteiger partial charge in [0.1, 0.15) is 26.4 Å². The van der Waals surface area contributed by atoms with Gasteiger partial charge in [-0.2, -0.15) is 0 Å². The number of carbonyl (C=O) groups excluding carboxylic acids is 1. The summed E-state index contributed by atoms with van der Waals surface area (Å²) in [7, 11) is 0. The maximum Gasteiger partial charge on any atom is 0.252 e. The molecule has 138 valence electrons. The minimum Gasteiger partial charge on any atom is -0.486 e. The van der Waals surface area contributed by atoms with Crippen LogP contribution in [0.25, 0.3) is 0 Å². The SMILES string of the molecule is C=CCOc1cc(C(N)=O)c(OCCO)c(OCCO)c1OCC=C. The molecule has 0 saturated carbocycles. The minimum absolute atomic E-state index is 0.0000142. The Kier molecular flexibility index (Phi) is 8.91. The molecule has 0 aliphatic rings. The van der Waals surface area contributed by atoms with Crippen molar-refractivity contribution < 1.29 is 34.0 Å². The number of carbonyl (C=O) groups is 1. The van der Waals surface area contributed by atoms with Crippen molar-refractivity contribution in [2.24, 2.45) is 5.73 Å². The largest absolute Gasteiger partial charge is 0.486 e. The summed E-state index contributed by atoms with van der Waals surface area (Å²) in [6, 6.07) is 1.36. The Labute approximate surface area is 146 Å². The summed E-state index contributed by atoms with van der Waals surface area (Å²) in [5, 5.41) is 18.1. The van der Waals surface area contributed by atoms with E-state index in [-0.39, 0.29) is 68.2 Å². The summed E-state index contributed by atoms with van der Waals surface area (Å²) in [5.74, 6) is -0.381. The number of hydrogen-bond acceptors (Lipinski definition) is 7. The van der Waals surface area contributed by atoms with Crippen molar-refractivity contribution in [2.75, 3.05) is 39.6 Å². The van der Waals surface area contributed by atoms with Crippen LogP contribution in [0.15, 0.2) is 31.4 Å². The predicted octanol–water partition coefficient (Wildman–Crippen LogP) is 0.657. The Morgan fingerprint density at radius 3 is 2.04 bits per heavy atom. The fraction of sp³-hybridized carbons (Fsp3) is 0.353. The number of nitrogens with two attached hydrogens (primary N) is 1. The quantitative estimate of drug-likeness (QED) is 0.445. The summed E-state index contributed by atoms with van der Waals surface area (Å²) in [4.78, 5) is 11.8. The third-order valence-electron chi connectivity index (χ3n) is 2.80. The third-order valence-corrected chi connectivity index (χ3v) is 2.80. The maximum absolute atomic E-state index is 11.8. The van der Waals surface area contributed by atoms with Crippen molar-refractivity contribution in [1.82, 2.24) is 0 Å². The lowest BCUT2D eigenvalue weighted by Crippen LogP contribution is -2.17. The molecule has 1 aromatic carbocycles. The molecule has 1 aromatic rings. The molecule has 0 aliphatic carbocycles. The summed E-state index contributed by atoms with van der Waals surface area (Å²) < 4.78 is 22.0. The molecule has 0 aromatic heterocycles. The Morgan fingerprint density at radius 2 is 1.52 bits per heavy atom. The molecule has 8 heteroatoms. The van der Waals surface area contributed by atoms with Gasteiger partial charge in [0.05, 0.1) is 18.8 Å². The van der Waals surface area contributed by atoms with Crippen LogP contribution in [0.5, 0.6) is 23.0 Å². The standard InChI is InChI=1S/C17H23NO7/c1-3-7-22-13-11-12(17(18)21)14(24-9-5-19)16(25-10-6-20)15(13)23-8-4-2/h3-4,11,19-20H,1-2,5-10H2,(H2,18,21). The number of ether oxygens (including phenoxy) is 4. The second kappa shape index (κ2) is 11.0. The molecule has 0 fully saturated rings. The fourth-order valence-corrected chi connectivity index (χ4v) is 1.89. The van der Waals surface area contributed by atoms with Gasteiger partial charge in [-0.3, -0.25) is 4.79 Å². The van der Waals surface area contributed by atoms with Crippen LogP contribution in [-0.4, -0.2) is 55.8 Å². The molecule has 0 heterocycles. The van der Waals surface area contributed by atoms with E-state index in [1.165, 1.54) is 18.2 Å². The number of amides is 1. The number of aliphatic hydroxyl groups excluding tert-OH is 2. The van der Waals surface area contributed by atoms with Crippen molar-refractivity contribution in [3.05, 3.63) is 36.9 Å². The lowest BCUT2D eigenvalue weighted by Gasteiger charge is -2.21. The van der Waals surface area contributed by atoms with Crippen LogP contribution in [0.4, 0.5) is 0 Å². The van der Waals surface area contributed by atoms with E-state index in [0.29, 0.717) is 0 Å². The molecular weight excluding hydrogens is 330 g/mol. The molecule has 0 spiro atoms. The van der Waals surface area contributed by atoms with Gasteiger partial charge in [0.2, 0.25) is 11.5 Å². The number of hydrogen-bond donors (Lipinski definition) is 3. The summed E-state index contributed by atoms with van der Waals surface area (Å²) >= 11 is 0. The Balaban J connectivity index is 3.54. The van der Waals surface area contributed by atoms with E-state index in [9.17, 15) is 4.79 Å². The van der Waals surface area contributed by atoms with E-state index in [0.717, 1.165) is 0 Å². The highest BCUT2D eigenvalue weighted by molar-refractivity contribution is 5.98. The van der Waals surface area contributed by atoms with Crippen LogP contribution >= 0.6 is 0 Å². The Morgan fingerprint density at radius 1 is 0.960 bits per heavy atom. The van der Waals surface area contributed by atoms with Crippen LogP contribution in [0.2, 0.25) is 0 Å². The molecule has 0 bridgehead atoms. The zero-order valence-electron chi connectivity index (χ0n) is 13.9. The van der Waals surface area contributed by atoms with Gasteiger partial charge in [-0.1, -0.05) is 25.3 Å². The minimum atomic E-state index is -0.777. The molecule has 1 rings (SSSR count). The molecule has 0 atom stereocenters. The maximum atomic E-state index is 11.8. The van der Waals surface area contributed by atoms with Crippen LogP contribution < -0.4 is 24.7 Å². The van der Waals surface area contributed by atoms with Gasteiger partial charge < -0.3 is 34.9 Å². The van der Waals surface area contributed by atoms with E-state index in [2.05, 4.69) is 13.2 Å². The second-order valence-electron chi connectivity index (χ2n) is 4.62. The highest BCUT2D eigenvalue weighted by Gasteiger charge is 2.26. The first-order valence-corrected chi connectivity index (χ1v) is 7.56. The lowest BCUT2D eigenvalue weighted by molar-refractivity contribution is 0.0991. The number of benzene rings is 1. The molecule has 1 amide bonds. The first-order chi connectivity index (χ1) is 12.1. The molecule has 0 unspecified atom stereocenters. The Bertz CT molecular complexity index is 601. The third kappa shape index (κ3) is 5.70. The molecule has 4 N–H and O–H groups in total. The van der Waals surface area contributed by atoms with Crippen molar-refractivity contribution in [3.63, 3.8) is 0 Å². The van der Waals surface area contributed by atoms with Crippen molar-refractivity contribution in [1.29, 1.82) is 0 Å². The average molecular weight is 353 g/mol. The van der Waals surface area contributed by atoms with Gasteiger partial charge in [-0.15, -0.1) is 0 Å². The first kappa shape index (κ1) is 20.3. The molecule has 25 heavy (non-hydrogen) atoms. The number of primary amides is 1. The molecule has 0 saturated heterocycles. The smallest absolute Gasteiger partial charge is 0.252 e. The second-order valence-corrected chi connectivity index (χ2v) is 4.62. The summed E-state index contributed by atoms with van der Waals surface area (Å²) in [5.41, 5.74) is 5.40. The van der Waals surface area contributed by atoms with Crippen LogP contribution in [0.3, 0.4) is 0 Å². The topological polar surface area (TPSA) is 120 Å². The molecular formula is C17H23NO7. The van der Waals surface area contributed by atoms with E-state index in [4.69, 9.17) is 34.9 Å². The highest BCUT2D eigenvalue weighted by Crippen LogP contribution is 2.47. The summed E-state index contributed by atoms with van der Waals surface area (Å²) in [6.45, 7) is 6.70. The van der Waals surface area contributed by atoms with E-state index in [1.807, 2.05) is 0 Å². The fourth-order valence-electron chi connectivity index (χ4n) is 1.89. The number of rotatable bonds is 13. The van der Waals surface area contributed by atoms with Crippen LogP contribution in [-0.2, 0) is 0 Å². The zero-order valence-corrected chi connectivity index (χ0v) is 13.9. The first-order valence-electron chi connectivity index (χ1n) is 7.56. The van der Waals surface area contributed by atoms with Gasteiger partial charge in [-0.25, -0.2) is 0 Å². The summed E-state index contributed by atoms with van der Waals surface area (Å²) in [6.07, 6.45) is 3.04. The van der Waals surface area contributed by atoms with Gasteiger partial charge in [-0.05, 0) is 0 Å². The normalized spacial score (nSPS) is 10.0.